The van der Waals surface area contributed by atoms with E-state index < -0.39 is 5.97 Å². The summed E-state index contributed by atoms with van der Waals surface area (Å²) in [4.78, 5) is 10.1. The summed E-state index contributed by atoms with van der Waals surface area (Å²) in [7, 11) is 0. The zero-order valence-electron chi connectivity index (χ0n) is 12.0. The summed E-state index contributed by atoms with van der Waals surface area (Å²) in [6.07, 6.45) is 10.7. The third-order valence-electron chi connectivity index (χ3n) is 2.90. The van der Waals surface area contributed by atoms with Crippen molar-refractivity contribution in [3.63, 3.8) is 0 Å². The Morgan fingerprint density at radius 1 is 0.955 bits per heavy atom. The van der Waals surface area contributed by atoms with Gasteiger partial charge in [-0.1, -0.05) is 60.7 Å². The number of benzene rings is 2. The smallest absolute Gasteiger partial charge is 0.328 e. The van der Waals surface area contributed by atoms with Crippen molar-refractivity contribution in [1.29, 1.82) is 0 Å². The summed E-state index contributed by atoms with van der Waals surface area (Å²) < 4.78 is 0. The number of hydrogen-bond acceptors (Lipinski definition) is 2. The maximum Gasteiger partial charge on any atom is 0.328 e. The Morgan fingerprint density at radius 3 is 2.45 bits per heavy atom. The molecule has 0 amide bonds. The van der Waals surface area contributed by atoms with E-state index >= 15 is 0 Å². The van der Waals surface area contributed by atoms with Crippen LogP contribution in [0.15, 0.2) is 79.0 Å². The van der Waals surface area contributed by atoms with Crippen molar-refractivity contribution < 1.29 is 9.90 Å². The lowest BCUT2D eigenvalue weighted by atomic mass is 10.2. The van der Waals surface area contributed by atoms with Gasteiger partial charge in [-0.3, -0.25) is 0 Å². The zero-order valence-corrected chi connectivity index (χ0v) is 12.0. The zero-order chi connectivity index (χ0) is 15.6. The van der Waals surface area contributed by atoms with Gasteiger partial charge in [-0.15, -0.1) is 0 Å². The van der Waals surface area contributed by atoms with Gasteiger partial charge in [-0.05, 0) is 29.3 Å². The van der Waals surface area contributed by atoms with Crippen LogP contribution in [0.3, 0.4) is 0 Å². The molecule has 2 aromatic rings. The Bertz CT molecular complexity index is 700. The first-order chi connectivity index (χ1) is 10.8. The summed E-state index contributed by atoms with van der Waals surface area (Å²) in [6, 6.07) is 17.5. The van der Waals surface area contributed by atoms with Gasteiger partial charge in [-0.25, -0.2) is 4.79 Å². The lowest BCUT2D eigenvalue weighted by Crippen LogP contribution is -1.87. The van der Waals surface area contributed by atoms with Gasteiger partial charge < -0.3 is 10.4 Å². The molecule has 0 spiro atoms. The average molecular weight is 291 g/mol. The summed E-state index contributed by atoms with van der Waals surface area (Å²) in [5, 5.41) is 11.5. The number of hydrogen-bond donors (Lipinski definition) is 2. The fourth-order valence-corrected chi connectivity index (χ4v) is 1.86. The van der Waals surface area contributed by atoms with E-state index in [-0.39, 0.29) is 0 Å². The summed E-state index contributed by atoms with van der Waals surface area (Å²) in [6.45, 7) is 0. The van der Waals surface area contributed by atoms with E-state index in [0.717, 1.165) is 17.3 Å². The van der Waals surface area contributed by atoms with Crippen LogP contribution in [0.1, 0.15) is 11.1 Å². The standard InChI is InChI=1S/C10H9N.C9H8O2/c1-2-7-10-9(5-1)6-3-4-8-11-10;10-9(11)7-6-8-4-2-1-3-5-8/h1-8,11H;1-7H,(H,10,11)/b;7-6+. The maximum atomic E-state index is 10.1. The Hall–Kier alpha value is -3.07. The van der Waals surface area contributed by atoms with E-state index in [2.05, 4.69) is 23.5 Å². The van der Waals surface area contributed by atoms with E-state index in [9.17, 15) is 4.79 Å². The average Bonchev–Trinajstić information content (AvgIpc) is 2.80. The molecule has 0 unspecified atom stereocenters. The van der Waals surface area contributed by atoms with E-state index in [4.69, 9.17) is 5.11 Å². The Kier molecular flexibility index (Phi) is 5.76. The number of para-hydroxylation sites is 1. The Morgan fingerprint density at radius 2 is 1.68 bits per heavy atom. The molecule has 0 saturated heterocycles. The normalized spacial score (nSPS) is 11.8. The molecule has 3 heteroatoms. The molecular weight excluding hydrogens is 274 g/mol. The lowest BCUT2D eigenvalue weighted by Gasteiger charge is -2.01. The molecule has 3 rings (SSSR count). The van der Waals surface area contributed by atoms with Crippen LogP contribution in [0.4, 0.5) is 5.69 Å². The van der Waals surface area contributed by atoms with Crippen molar-refractivity contribution >= 4 is 23.8 Å². The fourth-order valence-electron chi connectivity index (χ4n) is 1.86. The van der Waals surface area contributed by atoms with E-state index in [0.29, 0.717) is 0 Å². The van der Waals surface area contributed by atoms with E-state index in [1.807, 2.05) is 60.8 Å². The third kappa shape index (κ3) is 5.13. The van der Waals surface area contributed by atoms with Crippen molar-refractivity contribution in [3.8, 4) is 0 Å². The van der Waals surface area contributed by atoms with Crippen molar-refractivity contribution in [2.45, 2.75) is 0 Å². The van der Waals surface area contributed by atoms with Crippen LogP contribution in [0, 0.1) is 0 Å². The largest absolute Gasteiger partial charge is 0.478 e. The molecule has 0 bridgehead atoms. The van der Waals surface area contributed by atoms with Gasteiger partial charge in [0.2, 0.25) is 0 Å². The minimum atomic E-state index is -0.922. The van der Waals surface area contributed by atoms with Crippen LogP contribution in [0.2, 0.25) is 0 Å². The molecule has 1 aliphatic rings. The number of nitrogens with one attached hydrogen (secondary N) is 1. The number of rotatable bonds is 2. The number of aliphatic carboxylic acids is 1. The van der Waals surface area contributed by atoms with Crippen LogP contribution in [0.5, 0.6) is 0 Å². The molecule has 1 aliphatic heterocycles. The number of carboxylic acids is 1. The molecule has 110 valence electrons. The van der Waals surface area contributed by atoms with Gasteiger partial charge in [0.1, 0.15) is 0 Å². The first kappa shape index (κ1) is 15.3. The molecule has 0 radical (unpaired) electrons. The molecule has 3 nitrogen and oxygen atoms in total. The number of carbonyl (C=O) groups is 1. The first-order valence-electron chi connectivity index (χ1n) is 6.90. The summed E-state index contributed by atoms with van der Waals surface area (Å²) in [5.41, 5.74) is 3.30. The molecule has 0 saturated carbocycles. The topological polar surface area (TPSA) is 49.3 Å². The highest BCUT2D eigenvalue weighted by Crippen LogP contribution is 2.18. The highest BCUT2D eigenvalue weighted by atomic mass is 16.4. The van der Waals surface area contributed by atoms with Crippen molar-refractivity contribution in [1.82, 2.24) is 0 Å². The van der Waals surface area contributed by atoms with Gasteiger partial charge in [-0.2, -0.15) is 0 Å². The van der Waals surface area contributed by atoms with Gasteiger partial charge in [0.15, 0.2) is 0 Å². The maximum absolute atomic E-state index is 10.1. The third-order valence-corrected chi connectivity index (χ3v) is 2.90. The Balaban J connectivity index is 0.000000160. The van der Waals surface area contributed by atoms with Crippen molar-refractivity contribution in [2.75, 3.05) is 5.32 Å². The van der Waals surface area contributed by atoms with Crippen molar-refractivity contribution in [3.05, 3.63) is 90.2 Å². The molecular formula is C19H17NO2. The molecule has 2 aromatic carbocycles. The number of fused-ring (bicyclic) bond motifs is 1. The molecule has 0 fully saturated rings. The van der Waals surface area contributed by atoms with Crippen LogP contribution < -0.4 is 5.32 Å². The molecule has 1 heterocycles. The first-order valence-corrected chi connectivity index (χ1v) is 6.90. The summed E-state index contributed by atoms with van der Waals surface area (Å²) in [5.74, 6) is -0.922. The van der Waals surface area contributed by atoms with Crippen molar-refractivity contribution in [2.24, 2.45) is 0 Å². The highest BCUT2D eigenvalue weighted by Gasteiger charge is 1.95. The second kappa shape index (κ2) is 8.27. The molecule has 2 N–H and O–H groups in total. The van der Waals surface area contributed by atoms with Gasteiger partial charge >= 0.3 is 5.97 Å². The lowest BCUT2D eigenvalue weighted by molar-refractivity contribution is -0.131. The predicted octanol–water partition coefficient (Wildman–Crippen LogP) is 4.42. The van der Waals surface area contributed by atoms with E-state index in [1.54, 1.807) is 6.08 Å². The Labute approximate surface area is 129 Å². The molecule has 0 atom stereocenters. The van der Waals surface area contributed by atoms with Gasteiger partial charge in [0.05, 0.1) is 0 Å². The SMILES string of the molecule is C1=CNc2ccccc2C=C1.O=C(O)/C=C/c1ccccc1. The second-order valence-electron chi connectivity index (χ2n) is 4.53. The van der Waals surface area contributed by atoms with Crippen LogP contribution in [0.25, 0.3) is 12.2 Å². The summed E-state index contributed by atoms with van der Waals surface area (Å²) >= 11 is 0. The fraction of sp³-hybridized carbons (Fsp3) is 0. The quantitative estimate of drug-likeness (QED) is 0.805. The number of anilines is 1. The van der Waals surface area contributed by atoms with Gasteiger partial charge in [0, 0.05) is 18.0 Å². The van der Waals surface area contributed by atoms with Crippen LogP contribution in [-0.4, -0.2) is 11.1 Å². The molecule has 0 aromatic heterocycles. The highest BCUT2D eigenvalue weighted by molar-refractivity contribution is 5.85. The van der Waals surface area contributed by atoms with Crippen LogP contribution >= 0.6 is 0 Å². The minimum Gasteiger partial charge on any atom is -0.478 e. The van der Waals surface area contributed by atoms with Gasteiger partial charge in [0.25, 0.3) is 0 Å². The number of allylic oxidation sites excluding steroid dienone is 2. The number of carboxylic acid groups (broad SMARTS) is 1. The predicted molar refractivity (Wildman–Crippen MR) is 91.4 cm³/mol. The monoisotopic (exact) mass is 291 g/mol. The van der Waals surface area contributed by atoms with E-state index in [1.165, 1.54) is 5.56 Å². The second-order valence-corrected chi connectivity index (χ2v) is 4.53. The molecule has 22 heavy (non-hydrogen) atoms. The molecule has 0 aliphatic carbocycles. The van der Waals surface area contributed by atoms with Crippen LogP contribution in [-0.2, 0) is 4.79 Å². The minimum absolute atomic E-state index is 0.898.